The second kappa shape index (κ2) is 12.8. The lowest BCUT2D eigenvalue weighted by Gasteiger charge is -2.28. The number of hydrogen-bond acceptors (Lipinski definition) is 10. The van der Waals surface area contributed by atoms with Gasteiger partial charge in [-0.25, -0.2) is 14.4 Å². The summed E-state index contributed by atoms with van der Waals surface area (Å²) >= 11 is 1.55. The Labute approximate surface area is 259 Å². The summed E-state index contributed by atoms with van der Waals surface area (Å²) in [6.45, 7) is 4.49. The Bertz CT molecular complexity index is 1840. The number of thiazole rings is 1. The number of methoxy groups -OCH3 is 1. The highest BCUT2D eigenvalue weighted by molar-refractivity contribution is 7.15. The lowest BCUT2D eigenvalue weighted by atomic mass is 10.1. The average Bonchev–Trinajstić information content (AvgIpc) is 3.45. The minimum Gasteiger partial charge on any atom is -0.481 e. The molecule has 0 fully saturated rings. The quantitative estimate of drug-likeness (QED) is 0.187. The van der Waals surface area contributed by atoms with Gasteiger partial charge in [-0.3, -0.25) is 14.1 Å². The molecule has 1 aromatic carbocycles. The summed E-state index contributed by atoms with van der Waals surface area (Å²) in [7, 11) is 3.47. The molecule has 230 valence electrons. The predicted octanol–water partition coefficient (Wildman–Crippen LogP) is 4.23. The summed E-state index contributed by atoms with van der Waals surface area (Å²) in [5, 5.41) is 2.62. The molecule has 1 aliphatic rings. The van der Waals surface area contributed by atoms with Crippen molar-refractivity contribution in [2.75, 3.05) is 55.9 Å². The van der Waals surface area contributed by atoms with Crippen molar-refractivity contribution in [2.45, 2.75) is 32.5 Å². The Hall–Kier alpha value is -4.26. The maximum Gasteiger partial charge on any atom is 0.213 e. The molecule has 5 aromatic rings. The van der Waals surface area contributed by atoms with E-state index >= 15 is 0 Å². The highest BCUT2D eigenvalue weighted by Crippen LogP contribution is 2.37. The number of nitrogen functional groups attached to an aromatic ring is 1. The first-order valence-corrected chi connectivity index (χ1v) is 15.6. The van der Waals surface area contributed by atoms with E-state index in [1.165, 1.54) is 6.07 Å². The summed E-state index contributed by atoms with van der Waals surface area (Å²) in [5.74, 6) is 0.721. The molecule has 0 saturated carbocycles. The lowest BCUT2D eigenvalue weighted by Crippen LogP contribution is -2.32. The largest absolute Gasteiger partial charge is 0.481 e. The number of pyridine rings is 3. The summed E-state index contributed by atoms with van der Waals surface area (Å²) in [5.41, 5.74) is 16.6. The van der Waals surface area contributed by atoms with E-state index < -0.39 is 0 Å². The van der Waals surface area contributed by atoms with Crippen LogP contribution in [-0.4, -0.2) is 59.6 Å². The van der Waals surface area contributed by atoms with Gasteiger partial charge in [0.15, 0.2) is 5.43 Å². The third-order valence-corrected chi connectivity index (χ3v) is 9.21. The maximum atomic E-state index is 15.0. The first-order valence-electron chi connectivity index (χ1n) is 14.7. The first kappa shape index (κ1) is 29.8. The predicted molar refractivity (Wildman–Crippen MR) is 175 cm³/mol. The minimum atomic E-state index is -0.315. The Morgan fingerprint density at radius 1 is 1.09 bits per heavy atom. The van der Waals surface area contributed by atoms with Crippen LogP contribution in [-0.2, 0) is 19.6 Å². The monoisotopic (exact) mass is 616 g/mol. The fraction of sp³-hybridized carbons (Fsp3) is 0.344. The number of rotatable bonds is 13. The third-order valence-electron chi connectivity index (χ3n) is 8.16. The molecule has 4 N–H and O–H groups in total. The number of halogens is 1. The lowest BCUT2D eigenvalue weighted by molar-refractivity contribution is 0.251. The van der Waals surface area contributed by atoms with Gasteiger partial charge in [-0.15, -0.1) is 11.3 Å². The number of aromatic nitrogens is 3. The van der Waals surface area contributed by atoms with Crippen LogP contribution in [0.2, 0.25) is 0 Å². The van der Waals surface area contributed by atoms with Crippen LogP contribution in [0.5, 0.6) is 5.88 Å². The third kappa shape index (κ3) is 5.80. The summed E-state index contributed by atoms with van der Waals surface area (Å²) < 4.78 is 22.5. The molecular weight excluding hydrogens is 579 g/mol. The van der Waals surface area contributed by atoms with E-state index in [0.29, 0.717) is 54.5 Å². The summed E-state index contributed by atoms with van der Waals surface area (Å²) in [6, 6.07) is 10.7. The van der Waals surface area contributed by atoms with Gasteiger partial charge >= 0.3 is 0 Å². The smallest absolute Gasteiger partial charge is 0.213 e. The van der Waals surface area contributed by atoms with Gasteiger partial charge in [-0.2, -0.15) is 0 Å². The first-order chi connectivity index (χ1) is 21.4. The Morgan fingerprint density at radius 3 is 2.70 bits per heavy atom. The van der Waals surface area contributed by atoms with Crippen LogP contribution in [0, 0.1) is 5.82 Å². The van der Waals surface area contributed by atoms with Crippen LogP contribution < -0.4 is 31.4 Å². The van der Waals surface area contributed by atoms with Gasteiger partial charge in [0.25, 0.3) is 0 Å². The molecule has 0 bridgehead atoms. The molecule has 10 nitrogen and oxygen atoms in total. The zero-order valence-electron chi connectivity index (χ0n) is 25.0. The van der Waals surface area contributed by atoms with Crippen molar-refractivity contribution in [3.8, 4) is 5.88 Å². The topological polar surface area (TPSA) is 118 Å². The van der Waals surface area contributed by atoms with Gasteiger partial charge < -0.3 is 26.0 Å². The maximum absolute atomic E-state index is 15.0. The van der Waals surface area contributed by atoms with E-state index in [1.807, 2.05) is 30.1 Å². The Morgan fingerprint density at radius 2 is 1.93 bits per heavy atom. The van der Waals surface area contributed by atoms with Crippen LogP contribution in [0.1, 0.15) is 29.7 Å². The number of benzene rings is 1. The van der Waals surface area contributed by atoms with E-state index in [1.54, 1.807) is 43.0 Å². The fourth-order valence-corrected chi connectivity index (χ4v) is 7.11. The van der Waals surface area contributed by atoms with Gasteiger partial charge in [0, 0.05) is 68.4 Å². The molecule has 0 atom stereocenters. The van der Waals surface area contributed by atoms with Crippen LogP contribution >= 0.6 is 11.3 Å². The second-order valence-electron chi connectivity index (χ2n) is 11.2. The summed E-state index contributed by atoms with van der Waals surface area (Å²) in [4.78, 5) is 29.9. The Balaban J connectivity index is 1.29. The molecule has 0 saturated heterocycles. The van der Waals surface area contributed by atoms with Crippen molar-refractivity contribution >= 4 is 44.3 Å². The van der Waals surface area contributed by atoms with E-state index in [-0.39, 0.29) is 11.2 Å². The number of hydrogen-bond donors (Lipinski definition) is 2. The molecule has 6 rings (SSSR count). The van der Waals surface area contributed by atoms with Crippen molar-refractivity contribution in [3.63, 3.8) is 0 Å². The average molecular weight is 617 g/mol. The molecule has 44 heavy (non-hydrogen) atoms. The van der Waals surface area contributed by atoms with Gasteiger partial charge in [0.1, 0.15) is 16.5 Å². The van der Waals surface area contributed by atoms with Crippen molar-refractivity contribution in [3.05, 3.63) is 87.0 Å². The number of anilines is 3. The normalized spacial score (nSPS) is 12.6. The molecule has 0 aliphatic carbocycles. The highest BCUT2D eigenvalue weighted by Gasteiger charge is 2.27. The standard InChI is InChI=1S/C32H37FN8O2S/c1-38-18-23-20-44-32-25(31(42)24-6-7-26(33)30(38)29(24)41(23)32)19-39(17-21-9-11-36-28(15-21)43-2)12-3-4-13-40(14-10-34)22-5-8-27(35)37-16-22/h5-9,11,15-16,20H,3-4,10,12-14,17-19,34H2,1-2H3,(H2,35,37). The van der Waals surface area contributed by atoms with Gasteiger partial charge in [0.05, 0.1) is 42.4 Å². The molecule has 4 aromatic heterocycles. The highest BCUT2D eigenvalue weighted by atomic mass is 32.1. The van der Waals surface area contributed by atoms with Gasteiger partial charge in [-0.05, 0) is 55.3 Å². The van der Waals surface area contributed by atoms with Crippen molar-refractivity contribution < 1.29 is 9.13 Å². The van der Waals surface area contributed by atoms with Crippen molar-refractivity contribution in [1.29, 1.82) is 0 Å². The van der Waals surface area contributed by atoms with Crippen LogP contribution in [0.15, 0.2) is 59.0 Å². The number of unbranched alkanes of at least 4 members (excludes halogenated alkanes) is 1. The van der Waals surface area contributed by atoms with Gasteiger partial charge in [0.2, 0.25) is 5.88 Å². The molecule has 12 heteroatoms. The SMILES string of the molecule is COc1cc(CN(CCCCN(CCN)c2ccc(N)nc2)Cc2c(=O)c3ccc(F)c4c3n3c(csc23)CN4C)ccn1. The number of nitrogens with two attached hydrogens (primary N) is 2. The minimum absolute atomic E-state index is 0.0489. The van der Waals surface area contributed by atoms with Crippen LogP contribution in [0.4, 0.5) is 21.6 Å². The van der Waals surface area contributed by atoms with E-state index in [4.69, 9.17) is 16.2 Å². The molecular formula is C32H37FN8O2S. The van der Waals surface area contributed by atoms with E-state index in [2.05, 4.69) is 29.5 Å². The summed E-state index contributed by atoms with van der Waals surface area (Å²) in [6.07, 6.45) is 5.35. The molecule has 0 unspecified atom stereocenters. The van der Waals surface area contributed by atoms with E-state index in [0.717, 1.165) is 59.8 Å². The van der Waals surface area contributed by atoms with E-state index in [9.17, 15) is 9.18 Å². The number of nitrogens with zero attached hydrogens (tertiary/aromatic N) is 6. The van der Waals surface area contributed by atoms with Crippen molar-refractivity contribution in [2.24, 2.45) is 5.73 Å². The number of ether oxygens (including phenoxy) is 1. The molecule has 0 amide bonds. The molecule has 5 heterocycles. The van der Waals surface area contributed by atoms with Gasteiger partial charge in [-0.1, -0.05) is 0 Å². The molecule has 0 radical (unpaired) electrons. The zero-order chi connectivity index (χ0) is 30.8. The van der Waals surface area contributed by atoms with Crippen LogP contribution in [0.25, 0.3) is 15.7 Å². The fourth-order valence-electron chi connectivity index (χ4n) is 6.07. The zero-order valence-corrected chi connectivity index (χ0v) is 25.8. The Kier molecular flexibility index (Phi) is 8.65. The van der Waals surface area contributed by atoms with Crippen LogP contribution in [0.3, 0.4) is 0 Å². The van der Waals surface area contributed by atoms with Crippen molar-refractivity contribution in [1.82, 2.24) is 19.3 Å². The second-order valence-corrected chi connectivity index (χ2v) is 12.0. The molecule has 1 aliphatic heterocycles. The molecule has 0 spiro atoms.